The highest BCUT2D eigenvalue weighted by atomic mass is 79.9. The summed E-state index contributed by atoms with van der Waals surface area (Å²) in [5.74, 6) is 0.805. The molecule has 0 unspecified atom stereocenters. The molecule has 1 atom stereocenters. The van der Waals surface area contributed by atoms with Gasteiger partial charge in [0.1, 0.15) is 12.4 Å². The van der Waals surface area contributed by atoms with E-state index in [0.717, 1.165) is 26.4 Å². The molecule has 100 valence electrons. The van der Waals surface area contributed by atoms with Gasteiger partial charge in [0.25, 0.3) is 0 Å². The molecule has 0 aliphatic heterocycles. The van der Waals surface area contributed by atoms with Crippen molar-refractivity contribution in [2.24, 2.45) is 5.73 Å². The van der Waals surface area contributed by atoms with Crippen LogP contribution in [0.15, 0.2) is 46.9 Å². The number of hydrogen-bond acceptors (Lipinski definition) is 2. The van der Waals surface area contributed by atoms with E-state index in [1.54, 1.807) is 0 Å². The fourth-order valence-corrected chi connectivity index (χ4v) is 2.22. The average molecular weight is 341 g/mol. The van der Waals surface area contributed by atoms with Crippen LogP contribution >= 0.6 is 27.5 Å². The molecule has 0 bridgehead atoms. The second-order valence-electron chi connectivity index (χ2n) is 4.39. The van der Waals surface area contributed by atoms with Gasteiger partial charge in [-0.2, -0.15) is 0 Å². The third-order valence-electron chi connectivity index (χ3n) is 2.77. The van der Waals surface area contributed by atoms with Crippen LogP contribution in [0.5, 0.6) is 5.75 Å². The highest BCUT2D eigenvalue weighted by Gasteiger charge is 2.09. The zero-order valence-electron chi connectivity index (χ0n) is 10.6. The Bertz CT molecular complexity index is 555. The van der Waals surface area contributed by atoms with Crippen LogP contribution in [0.2, 0.25) is 5.02 Å². The molecule has 19 heavy (non-hydrogen) atoms. The summed E-state index contributed by atoms with van der Waals surface area (Å²) >= 11 is 9.30. The molecule has 2 rings (SSSR count). The van der Waals surface area contributed by atoms with Gasteiger partial charge in [-0.1, -0.05) is 45.7 Å². The van der Waals surface area contributed by atoms with Gasteiger partial charge in [-0.3, -0.25) is 0 Å². The van der Waals surface area contributed by atoms with Crippen molar-refractivity contribution in [1.82, 2.24) is 0 Å². The smallest absolute Gasteiger partial charge is 0.125 e. The van der Waals surface area contributed by atoms with Crippen LogP contribution < -0.4 is 10.5 Å². The van der Waals surface area contributed by atoms with Gasteiger partial charge in [-0.25, -0.2) is 0 Å². The second kappa shape index (κ2) is 6.42. The van der Waals surface area contributed by atoms with Crippen molar-refractivity contribution in [1.29, 1.82) is 0 Å². The third kappa shape index (κ3) is 3.96. The van der Waals surface area contributed by atoms with Gasteiger partial charge in [0, 0.05) is 21.1 Å². The molecule has 0 fully saturated rings. The Morgan fingerprint density at radius 1 is 1.21 bits per heavy atom. The lowest BCUT2D eigenvalue weighted by atomic mass is 10.1. The third-order valence-corrected chi connectivity index (χ3v) is 3.52. The van der Waals surface area contributed by atoms with Crippen LogP contribution in [0.3, 0.4) is 0 Å². The van der Waals surface area contributed by atoms with Crippen LogP contribution in [0, 0.1) is 0 Å². The topological polar surface area (TPSA) is 35.2 Å². The van der Waals surface area contributed by atoms with Crippen molar-refractivity contribution in [2.75, 3.05) is 0 Å². The van der Waals surface area contributed by atoms with Gasteiger partial charge in [0.2, 0.25) is 0 Å². The molecule has 2 N–H and O–H groups in total. The Morgan fingerprint density at radius 2 is 1.89 bits per heavy atom. The lowest BCUT2D eigenvalue weighted by molar-refractivity contribution is 0.301. The van der Waals surface area contributed by atoms with Gasteiger partial charge in [-0.15, -0.1) is 0 Å². The predicted octanol–water partition coefficient (Wildman–Crippen LogP) is 4.70. The van der Waals surface area contributed by atoms with Crippen LogP contribution in [-0.2, 0) is 6.61 Å². The first-order chi connectivity index (χ1) is 9.06. The fourth-order valence-electron chi connectivity index (χ4n) is 1.75. The molecular weight excluding hydrogens is 326 g/mol. The van der Waals surface area contributed by atoms with Crippen molar-refractivity contribution in [3.63, 3.8) is 0 Å². The molecular formula is C15H15BrClNO. The number of rotatable bonds is 4. The van der Waals surface area contributed by atoms with Crippen LogP contribution in [-0.4, -0.2) is 0 Å². The average Bonchev–Trinajstić information content (AvgIpc) is 2.38. The van der Waals surface area contributed by atoms with E-state index in [0.29, 0.717) is 6.61 Å². The first-order valence-electron chi connectivity index (χ1n) is 5.98. The van der Waals surface area contributed by atoms with Crippen molar-refractivity contribution in [3.05, 3.63) is 63.1 Å². The maximum Gasteiger partial charge on any atom is 0.125 e. The van der Waals surface area contributed by atoms with E-state index in [-0.39, 0.29) is 6.04 Å². The number of hydrogen-bond donors (Lipinski definition) is 1. The number of halogens is 2. The standard InChI is InChI=1S/C15H15BrClNO/c1-10(18)14-7-4-12(16)8-15(14)19-9-11-2-5-13(17)6-3-11/h2-8,10H,9,18H2,1H3/t10-/m0/s1. The summed E-state index contributed by atoms with van der Waals surface area (Å²) in [5.41, 5.74) is 8.01. The van der Waals surface area contributed by atoms with E-state index in [1.807, 2.05) is 49.4 Å². The molecule has 0 heterocycles. The van der Waals surface area contributed by atoms with Gasteiger partial charge in [0.05, 0.1) is 0 Å². The lowest BCUT2D eigenvalue weighted by Crippen LogP contribution is -2.08. The van der Waals surface area contributed by atoms with Crippen molar-refractivity contribution in [3.8, 4) is 5.75 Å². The summed E-state index contributed by atoms with van der Waals surface area (Å²) in [5, 5.41) is 0.725. The molecule has 0 amide bonds. The van der Waals surface area contributed by atoms with E-state index >= 15 is 0 Å². The molecule has 0 aliphatic carbocycles. The molecule has 4 heteroatoms. The van der Waals surface area contributed by atoms with Gasteiger partial charge >= 0.3 is 0 Å². The van der Waals surface area contributed by atoms with Crippen molar-refractivity contribution < 1.29 is 4.74 Å². The van der Waals surface area contributed by atoms with E-state index < -0.39 is 0 Å². The number of benzene rings is 2. The first-order valence-corrected chi connectivity index (χ1v) is 7.15. The Balaban J connectivity index is 2.14. The number of ether oxygens (including phenoxy) is 1. The van der Waals surface area contributed by atoms with E-state index in [1.165, 1.54) is 0 Å². The quantitative estimate of drug-likeness (QED) is 0.875. The van der Waals surface area contributed by atoms with Gasteiger partial charge in [0.15, 0.2) is 0 Å². The molecule has 0 radical (unpaired) electrons. The Labute approximate surface area is 126 Å². The summed E-state index contributed by atoms with van der Waals surface area (Å²) in [4.78, 5) is 0. The van der Waals surface area contributed by atoms with Gasteiger partial charge < -0.3 is 10.5 Å². The lowest BCUT2D eigenvalue weighted by Gasteiger charge is -2.14. The molecule has 0 saturated carbocycles. The molecule has 2 aromatic rings. The zero-order valence-corrected chi connectivity index (χ0v) is 12.9. The number of nitrogens with two attached hydrogens (primary N) is 1. The molecule has 0 aromatic heterocycles. The van der Waals surface area contributed by atoms with E-state index in [2.05, 4.69) is 15.9 Å². The SMILES string of the molecule is C[C@H](N)c1ccc(Br)cc1OCc1ccc(Cl)cc1. The fraction of sp³-hybridized carbons (Fsp3) is 0.200. The molecule has 0 spiro atoms. The Morgan fingerprint density at radius 3 is 2.53 bits per heavy atom. The Hall–Kier alpha value is -1.03. The monoisotopic (exact) mass is 339 g/mol. The van der Waals surface area contributed by atoms with E-state index in [4.69, 9.17) is 22.1 Å². The minimum Gasteiger partial charge on any atom is -0.489 e. The largest absolute Gasteiger partial charge is 0.489 e. The summed E-state index contributed by atoms with van der Waals surface area (Å²) in [6.07, 6.45) is 0. The zero-order chi connectivity index (χ0) is 13.8. The van der Waals surface area contributed by atoms with Crippen LogP contribution in [0.4, 0.5) is 0 Å². The molecule has 2 nitrogen and oxygen atoms in total. The predicted molar refractivity (Wildman–Crippen MR) is 82.5 cm³/mol. The maximum absolute atomic E-state index is 5.94. The molecule has 2 aromatic carbocycles. The van der Waals surface area contributed by atoms with Gasteiger partial charge in [-0.05, 0) is 36.8 Å². The minimum absolute atomic E-state index is 0.0617. The highest BCUT2D eigenvalue weighted by Crippen LogP contribution is 2.28. The second-order valence-corrected chi connectivity index (χ2v) is 5.74. The minimum atomic E-state index is -0.0617. The van der Waals surface area contributed by atoms with Crippen molar-refractivity contribution >= 4 is 27.5 Å². The summed E-state index contributed by atoms with van der Waals surface area (Å²) < 4.78 is 6.83. The highest BCUT2D eigenvalue weighted by molar-refractivity contribution is 9.10. The first kappa shape index (κ1) is 14.4. The van der Waals surface area contributed by atoms with Crippen LogP contribution in [0.1, 0.15) is 24.1 Å². The summed E-state index contributed by atoms with van der Waals surface area (Å²) in [6, 6.07) is 13.4. The molecule has 0 saturated heterocycles. The summed E-state index contributed by atoms with van der Waals surface area (Å²) in [7, 11) is 0. The van der Waals surface area contributed by atoms with Crippen molar-refractivity contribution in [2.45, 2.75) is 19.6 Å². The molecule has 0 aliphatic rings. The normalized spacial score (nSPS) is 12.2. The summed E-state index contributed by atoms with van der Waals surface area (Å²) in [6.45, 7) is 2.44. The van der Waals surface area contributed by atoms with Crippen LogP contribution in [0.25, 0.3) is 0 Å². The van der Waals surface area contributed by atoms with E-state index in [9.17, 15) is 0 Å². The maximum atomic E-state index is 5.94. The Kier molecular flexibility index (Phi) is 4.86.